The highest BCUT2D eigenvalue weighted by Gasteiger charge is 2.19. The molecule has 0 bridgehead atoms. The number of fused-ring (bicyclic) bond motifs is 1. The molecule has 0 unspecified atom stereocenters. The summed E-state index contributed by atoms with van der Waals surface area (Å²) in [6.07, 6.45) is 2.85. The average Bonchev–Trinajstić information content (AvgIpc) is 3.56. The maximum Gasteiger partial charge on any atom is 0.379 e. The monoisotopic (exact) mass is 555 g/mol. The highest BCUT2D eigenvalue weighted by atomic mass is 16.6. The number of hydrogen-bond donors (Lipinski definition) is 0. The predicted octanol–water partition coefficient (Wildman–Crippen LogP) is 4.79. The van der Waals surface area contributed by atoms with E-state index in [1.807, 2.05) is 0 Å². The van der Waals surface area contributed by atoms with Gasteiger partial charge < -0.3 is 28.1 Å². The van der Waals surface area contributed by atoms with Crippen LogP contribution in [0.5, 0.6) is 28.7 Å². The number of aromatic nitrogens is 2. The normalized spacial score (nSPS) is 11.0. The van der Waals surface area contributed by atoms with E-state index in [1.165, 1.54) is 51.7 Å². The van der Waals surface area contributed by atoms with Gasteiger partial charge in [0.25, 0.3) is 5.56 Å². The van der Waals surface area contributed by atoms with Gasteiger partial charge in [-0.3, -0.25) is 4.79 Å². The summed E-state index contributed by atoms with van der Waals surface area (Å²) >= 11 is 0. The fraction of sp³-hybridized carbons (Fsp3) is 0.133. The summed E-state index contributed by atoms with van der Waals surface area (Å²) in [6.45, 7) is 0. The first kappa shape index (κ1) is 27.0. The number of carbonyl (C=O) groups is 1. The third-order valence-electron chi connectivity index (χ3n) is 6.11. The van der Waals surface area contributed by atoms with Gasteiger partial charge in [-0.25, -0.2) is 9.78 Å². The zero-order valence-electron chi connectivity index (χ0n) is 22.6. The Bertz CT molecular complexity index is 1780. The van der Waals surface area contributed by atoms with Crippen LogP contribution in [0.1, 0.15) is 16.1 Å². The van der Waals surface area contributed by atoms with Crippen molar-refractivity contribution in [3.63, 3.8) is 0 Å². The number of para-hydroxylation sites is 1. The van der Waals surface area contributed by atoms with Gasteiger partial charge in [0, 0.05) is 5.56 Å². The minimum Gasteiger partial charge on any atom is -0.493 e. The number of rotatable bonds is 9. The lowest BCUT2D eigenvalue weighted by Crippen LogP contribution is -2.20. The van der Waals surface area contributed by atoms with Crippen molar-refractivity contribution in [2.45, 2.75) is 0 Å². The molecule has 5 aromatic rings. The van der Waals surface area contributed by atoms with Crippen LogP contribution in [0.2, 0.25) is 0 Å². The van der Waals surface area contributed by atoms with Gasteiger partial charge in [-0.05, 0) is 60.2 Å². The Morgan fingerprint density at radius 3 is 2.24 bits per heavy atom. The van der Waals surface area contributed by atoms with Crippen LogP contribution in [-0.2, 0) is 0 Å². The summed E-state index contributed by atoms with van der Waals surface area (Å²) in [7, 11) is 5.96. The van der Waals surface area contributed by atoms with E-state index in [0.29, 0.717) is 39.3 Å². The predicted molar refractivity (Wildman–Crippen MR) is 151 cm³/mol. The molecule has 0 spiro atoms. The zero-order chi connectivity index (χ0) is 28.9. The van der Waals surface area contributed by atoms with Crippen LogP contribution in [-0.4, -0.2) is 50.3 Å². The van der Waals surface area contributed by atoms with Gasteiger partial charge in [-0.15, -0.1) is 0 Å². The number of benzene rings is 3. The van der Waals surface area contributed by atoms with E-state index in [2.05, 4.69) is 5.10 Å². The van der Waals surface area contributed by atoms with Crippen molar-refractivity contribution in [2.75, 3.05) is 28.4 Å². The largest absolute Gasteiger partial charge is 0.493 e. The highest BCUT2D eigenvalue weighted by molar-refractivity contribution is 5.89. The second-order valence-electron chi connectivity index (χ2n) is 8.51. The van der Waals surface area contributed by atoms with Gasteiger partial charge in [0.2, 0.25) is 11.5 Å². The number of furan rings is 1. The van der Waals surface area contributed by atoms with E-state index in [-0.39, 0.29) is 28.6 Å². The van der Waals surface area contributed by atoms with E-state index in [9.17, 15) is 9.59 Å². The summed E-state index contributed by atoms with van der Waals surface area (Å²) in [5.41, 5.74) is 1.19. The molecule has 208 valence electrons. The molecule has 0 aliphatic rings. The van der Waals surface area contributed by atoms with E-state index in [0.717, 1.165) is 0 Å². The minimum absolute atomic E-state index is 0.0557. The summed E-state index contributed by atoms with van der Waals surface area (Å²) in [4.78, 5) is 30.7. The zero-order valence-corrected chi connectivity index (χ0v) is 22.6. The van der Waals surface area contributed by atoms with Crippen LogP contribution < -0.4 is 29.2 Å². The van der Waals surface area contributed by atoms with Crippen LogP contribution >= 0.6 is 0 Å². The first-order chi connectivity index (χ1) is 20.0. The smallest absolute Gasteiger partial charge is 0.379 e. The number of ether oxygens (including phenoxy) is 5. The maximum atomic E-state index is 13.6. The van der Waals surface area contributed by atoms with Crippen molar-refractivity contribution >= 4 is 23.1 Å². The molecule has 2 heterocycles. The number of esters is 1. The van der Waals surface area contributed by atoms with Crippen LogP contribution in [0.25, 0.3) is 22.3 Å². The van der Waals surface area contributed by atoms with Crippen molar-refractivity contribution in [3.8, 4) is 40.1 Å². The number of methoxy groups -OCH3 is 4. The van der Waals surface area contributed by atoms with Crippen molar-refractivity contribution in [2.24, 2.45) is 5.10 Å². The van der Waals surface area contributed by atoms with Gasteiger partial charge in [0.1, 0.15) is 0 Å². The molecule has 0 saturated heterocycles. The van der Waals surface area contributed by atoms with Gasteiger partial charge in [0.15, 0.2) is 28.8 Å². The summed E-state index contributed by atoms with van der Waals surface area (Å²) < 4.78 is 33.5. The number of nitrogens with zero attached hydrogens (tertiary/aromatic N) is 3. The van der Waals surface area contributed by atoms with E-state index < -0.39 is 5.97 Å². The Morgan fingerprint density at radius 2 is 1.59 bits per heavy atom. The Morgan fingerprint density at radius 1 is 0.854 bits per heavy atom. The van der Waals surface area contributed by atoms with Crippen molar-refractivity contribution in [1.82, 2.24) is 9.66 Å². The van der Waals surface area contributed by atoms with Gasteiger partial charge in [-0.2, -0.15) is 9.78 Å². The lowest BCUT2D eigenvalue weighted by atomic mass is 10.1. The van der Waals surface area contributed by atoms with Crippen LogP contribution in [0.3, 0.4) is 0 Å². The standard InChI is InChI=1S/C30H25N3O8/c1-36-24-14-18(11-12-22(24)41-30(35)23-10-7-13-40-23)17-31-33-28(32-21-9-6-5-8-20(21)29(33)34)19-15-25(37-2)27(39-4)26(16-19)38-3/h5-17H,1-4H3. The molecular formula is C30H25N3O8. The maximum absolute atomic E-state index is 13.6. The third kappa shape index (κ3) is 5.33. The molecule has 0 aliphatic carbocycles. The first-order valence-electron chi connectivity index (χ1n) is 12.3. The van der Waals surface area contributed by atoms with Gasteiger partial charge in [-0.1, -0.05) is 12.1 Å². The van der Waals surface area contributed by atoms with Crippen LogP contribution in [0.15, 0.2) is 87.3 Å². The quantitative estimate of drug-likeness (QED) is 0.143. The molecule has 0 aliphatic heterocycles. The highest BCUT2D eigenvalue weighted by Crippen LogP contribution is 2.41. The molecule has 0 amide bonds. The molecule has 3 aromatic carbocycles. The molecule has 0 saturated carbocycles. The Kier molecular flexibility index (Phi) is 7.68. The van der Waals surface area contributed by atoms with Gasteiger partial charge in [0.05, 0.1) is 51.8 Å². The van der Waals surface area contributed by atoms with E-state index in [1.54, 1.807) is 60.7 Å². The fourth-order valence-corrected chi connectivity index (χ4v) is 4.15. The molecule has 0 radical (unpaired) electrons. The number of hydrogen-bond acceptors (Lipinski definition) is 10. The lowest BCUT2D eigenvalue weighted by Gasteiger charge is -2.15. The molecule has 0 N–H and O–H groups in total. The van der Waals surface area contributed by atoms with Crippen LogP contribution in [0, 0.1) is 0 Å². The molecule has 0 atom stereocenters. The molecule has 5 rings (SSSR count). The van der Waals surface area contributed by atoms with Crippen molar-refractivity contribution in [3.05, 3.63) is 94.7 Å². The molecule has 0 fully saturated rings. The summed E-state index contributed by atoms with van der Waals surface area (Å²) in [6, 6.07) is 18.3. The Labute approximate surface area is 234 Å². The van der Waals surface area contributed by atoms with E-state index in [4.69, 9.17) is 33.1 Å². The van der Waals surface area contributed by atoms with E-state index >= 15 is 0 Å². The molecular weight excluding hydrogens is 530 g/mol. The first-order valence-corrected chi connectivity index (χ1v) is 12.3. The molecule has 41 heavy (non-hydrogen) atoms. The van der Waals surface area contributed by atoms with Crippen LogP contribution in [0.4, 0.5) is 0 Å². The van der Waals surface area contributed by atoms with Gasteiger partial charge >= 0.3 is 5.97 Å². The Balaban J connectivity index is 1.59. The summed E-state index contributed by atoms with van der Waals surface area (Å²) in [5, 5.41) is 4.88. The average molecular weight is 556 g/mol. The van der Waals surface area contributed by atoms with Crippen molar-refractivity contribution in [1.29, 1.82) is 0 Å². The molecule has 2 aromatic heterocycles. The number of carbonyl (C=O) groups excluding carboxylic acids is 1. The SMILES string of the molecule is COc1cc(C=Nn2c(-c3cc(OC)c(OC)c(OC)c3)nc3ccccc3c2=O)ccc1OC(=O)c1ccco1. The topological polar surface area (TPSA) is 124 Å². The lowest BCUT2D eigenvalue weighted by molar-refractivity contribution is 0.0696. The third-order valence-corrected chi connectivity index (χ3v) is 6.11. The second kappa shape index (κ2) is 11.7. The molecule has 11 heteroatoms. The summed E-state index contributed by atoms with van der Waals surface area (Å²) in [5.74, 6) is 1.29. The Hall–Kier alpha value is -5.58. The molecule has 11 nitrogen and oxygen atoms in total. The fourth-order valence-electron chi connectivity index (χ4n) is 4.15. The van der Waals surface area contributed by atoms with Crippen molar-refractivity contribution < 1.29 is 32.9 Å². The minimum atomic E-state index is -0.668. The second-order valence-corrected chi connectivity index (χ2v) is 8.51.